The molecule has 7 nitrogen and oxygen atoms in total. The summed E-state index contributed by atoms with van der Waals surface area (Å²) >= 11 is 0. The Balaban J connectivity index is 1.42. The molecule has 0 spiro atoms. The number of benzene rings is 1. The average Bonchev–Trinajstić information content (AvgIpc) is 3.01. The van der Waals surface area contributed by atoms with Gasteiger partial charge in [-0.2, -0.15) is 5.10 Å². The molecule has 7 heteroatoms. The van der Waals surface area contributed by atoms with Crippen LogP contribution in [0.2, 0.25) is 0 Å². The van der Waals surface area contributed by atoms with Crippen LogP contribution in [0, 0.1) is 0 Å². The molecule has 2 heterocycles. The number of likely N-dealkylation sites (N-methyl/N-ethyl adjacent to an activating group) is 1. The number of fused-ring (bicyclic) bond motifs is 1. The summed E-state index contributed by atoms with van der Waals surface area (Å²) in [4.78, 5) is 26.3. The van der Waals surface area contributed by atoms with Crippen LogP contribution in [0.1, 0.15) is 43.5 Å². The molecular weight excluding hydrogens is 342 g/mol. The number of nitrogens with one attached hydrogen (secondary N) is 1. The van der Waals surface area contributed by atoms with Gasteiger partial charge in [0.05, 0.1) is 0 Å². The second-order valence-electron chi connectivity index (χ2n) is 7.31. The molecule has 0 saturated heterocycles. The van der Waals surface area contributed by atoms with Crippen LogP contribution >= 0.6 is 0 Å². The Morgan fingerprint density at radius 1 is 1.30 bits per heavy atom. The van der Waals surface area contributed by atoms with Gasteiger partial charge in [-0.05, 0) is 30.7 Å². The van der Waals surface area contributed by atoms with Gasteiger partial charge in [-0.1, -0.05) is 37.3 Å². The quantitative estimate of drug-likeness (QED) is 0.759. The van der Waals surface area contributed by atoms with E-state index in [0.717, 1.165) is 31.6 Å². The van der Waals surface area contributed by atoms with Crippen molar-refractivity contribution in [2.45, 2.75) is 51.6 Å². The number of urea groups is 1. The molecule has 2 aromatic rings. The summed E-state index contributed by atoms with van der Waals surface area (Å²) in [6.45, 7) is 4.60. The first-order chi connectivity index (χ1) is 13.1. The largest absolute Gasteiger partial charge is 0.345 e. The van der Waals surface area contributed by atoms with Crippen LogP contribution in [0.15, 0.2) is 35.1 Å². The Kier molecular flexibility index (Phi) is 6.32. The first-order valence-corrected chi connectivity index (χ1v) is 9.76. The third-order valence-electron chi connectivity index (χ3n) is 5.12. The highest BCUT2D eigenvalue weighted by Crippen LogP contribution is 2.15. The minimum absolute atomic E-state index is 0.0233. The normalized spacial score (nSPS) is 14.4. The average molecular weight is 371 g/mol. The number of carbonyl (C=O) groups is 1. The number of rotatable bonds is 7. The smallest absolute Gasteiger partial charge is 0.338 e. The molecule has 3 rings (SSSR count). The van der Waals surface area contributed by atoms with E-state index in [1.54, 1.807) is 9.47 Å². The van der Waals surface area contributed by atoms with Crippen molar-refractivity contribution >= 4 is 6.03 Å². The molecular formula is C20H29N5O2. The van der Waals surface area contributed by atoms with Gasteiger partial charge in [0.2, 0.25) is 0 Å². The molecule has 0 fully saturated rings. The van der Waals surface area contributed by atoms with E-state index in [-0.39, 0.29) is 17.6 Å². The lowest BCUT2D eigenvalue weighted by Crippen LogP contribution is -2.39. The third kappa shape index (κ3) is 4.78. The summed E-state index contributed by atoms with van der Waals surface area (Å²) in [5.74, 6) is 1.17. The summed E-state index contributed by atoms with van der Waals surface area (Å²) in [6.07, 6.45) is 3.70. The van der Waals surface area contributed by atoms with Crippen molar-refractivity contribution in [1.29, 1.82) is 0 Å². The van der Waals surface area contributed by atoms with Crippen molar-refractivity contribution in [1.82, 2.24) is 24.6 Å². The second-order valence-corrected chi connectivity index (χ2v) is 7.31. The van der Waals surface area contributed by atoms with Crippen molar-refractivity contribution in [3.63, 3.8) is 0 Å². The second kappa shape index (κ2) is 8.88. The van der Waals surface area contributed by atoms with E-state index < -0.39 is 0 Å². The molecule has 1 aromatic heterocycles. The molecule has 1 aromatic carbocycles. The molecule has 0 saturated carbocycles. The predicted molar refractivity (Wildman–Crippen MR) is 105 cm³/mol. The SMILES string of the molecule is CC(CN(C)C(=O)NCCCn1nc2n(c1=O)CCCC2)c1ccccc1. The molecule has 1 atom stereocenters. The number of amides is 2. The number of carbonyl (C=O) groups excluding carboxylic acids is 1. The minimum atomic E-state index is -0.0886. The fourth-order valence-corrected chi connectivity index (χ4v) is 3.53. The third-order valence-corrected chi connectivity index (χ3v) is 5.12. The maximum absolute atomic E-state index is 12.3. The van der Waals surface area contributed by atoms with E-state index in [1.165, 1.54) is 10.2 Å². The highest BCUT2D eigenvalue weighted by molar-refractivity contribution is 5.73. The summed E-state index contributed by atoms with van der Waals surface area (Å²) in [5.41, 5.74) is 1.20. The standard InChI is InChI=1S/C20H29N5O2/c1-16(17-9-4-3-5-10-17)15-23(2)19(26)21-12-8-14-25-20(27)24-13-7-6-11-18(24)22-25/h3-5,9-10,16H,6-8,11-15H2,1-2H3,(H,21,26). The molecule has 146 valence electrons. The Morgan fingerprint density at radius 2 is 2.07 bits per heavy atom. The number of nitrogens with zero attached hydrogens (tertiary/aromatic N) is 4. The van der Waals surface area contributed by atoms with E-state index in [0.29, 0.717) is 26.1 Å². The van der Waals surface area contributed by atoms with Crippen molar-refractivity contribution in [3.05, 3.63) is 52.2 Å². The molecule has 2 amide bonds. The van der Waals surface area contributed by atoms with Crippen LogP contribution in [0.5, 0.6) is 0 Å². The maximum Gasteiger partial charge on any atom is 0.345 e. The maximum atomic E-state index is 12.3. The van der Waals surface area contributed by atoms with Crippen LogP contribution in [0.25, 0.3) is 0 Å². The van der Waals surface area contributed by atoms with Gasteiger partial charge in [-0.15, -0.1) is 0 Å². The zero-order valence-electron chi connectivity index (χ0n) is 16.2. The number of aromatic nitrogens is 3. The Bertz CT molecular complexity index is 812. The molecule has 1 unspecified atom stereocenters. The van der Waals surface area contributed by atoms with Crippen LogP contribution in [-0.4, -0.2) is 45.4 Å². The van der Waals surface area contributed by atoms with Gasteiger partial charge in [0.25, 0.3) is 0 Å². The molecule has 0 aliphatic carbocycles. The molecule has 0 bridgehead atoms. The van der Waals surface area contributed by atoms with Crippen molar-refractivity contribution in [2.75, 3.05) is 20.1 Å². The fourth-order valence-electron chi connectivity index (χ4n) is 3.53. The number of hydrogen-bond acceptors (Lipinski definition) is 3. The highest BCUT2D eigenvalue weighted by Gasteiger charge is 2.17. The monoisotopic (exact) mass is 371 g/mol. The fraction of sp³-hybridized carbons (Fsp3) is 0.550. The van der Waals surface area contributed by atoms with E-state index >= 15 is 0 Å². The lowest BCUT2D eigenvalue weighted by atomic mass is 10.0. The molecule has 27 heavy (non-hydrogen) atoms. The van der Waals surface area contributed by atoms with Gasteiger partial charge in [0, 0.05) is 39.6 Å². The van der Waals surface area contributed by atoms with Gasteiger partial charge in [-0.25, -0.2) is 14.3 Å². The first kappa shape index (κ1) is 19.2. The summed E-state index contributed by atoms with van der Waals surface area (Å²) < 4.78 is 3.31. The number of aryl methyl sites for hydroxylation is 2. The van der Waals surface area contributed by atoms with E-state index in [4.69, 9.17) is 0 Å². The predicted octanol–water partition coefficient (Wildman–Crippen LogP) is 2.22. The molecule has 1 N–H and O–H groups in total. The lowest BCUT2D eigenvalue weighted by Gasteiger charge is -2.22. The van der Waals surface area contributed by atoms with Gasteiger partial charge < -0.3 is 10.2 Å². The lowest BCUT2D eigenvalue weighted by molar-refractivity contribution is 0.206. The zero-order valence-corrected chi connectivity index (χ0v) is 16.2. The molecule has 1 aliphatic heterocycles. The molecule has 0 radical (unpaired) electrons. The zero-order chi connectivity index (χ0) is 19.2. The van der Waals surface area contributed by atoms with Crippen molar-refractivity contribution in [2.24, 2.45) is 0 Å². The molecule has 1 aliphatic rings. The van der Waals surface area contributed by atoms with Crippen LogP contribution < -0.4 is 11.0 Å². The Morgan fingerprint density at radius 3 is 2.81 bits per heavy atom. The van der Waals surface area contributed by atoms with Crippen LogP contribution in [-0.2, 0) is 19.5 Å². The highest BCUT2D eigenvalue weighted by atomic mass is 16.2. The van der Waals surface area contributed by atoms with Crippen LogP contribution in [0.4, 0.5) is 4.79 Å². The van der Waals surface area contributed by atoms with E-state index in [9.17, 15) is 9.59 Å². The topological polar surface area (TPSA) is 72.2 Å². The van der Waals surface area contributed by atoms with Gasteiger partial charge >= 0.3 is 11.7 Å². The summed E-state index contributed by atoms with van der Waals surface area (Å²) in [7, 11) is 1.81. The number of hydrogen-bond donors (Lipinski definition) is 1. The van der Waals surface area contributed by atoms with Gasteiger partial charge in [0.1, 0.15) is 5.82 Å². The summed E-state index contributed by atoms with van der Waals surface area (Å²) in [6, 6.07) is 10.1. The Hall–Kier alpha value is -2.57. The first-order valence-electron chi connectivity index (χ1n) is 9.76. The van der Waals surface area contributed by atoms with Gasteiger partial charge in [-0.3, -0.25) is 4.57 Å². The van der Waals surface area contributed by atoms with E-state index in [1.807, 2.05) is 25.2 Å². The minimum Gasteiger partial charge on any atom is -0.338 e. The van der Waals surface area contributed by atoms with Crippen molar-refractivity contribution in [3.8, 4) is 0 Å². The Labute approximate surface area is 160 Å². The van der Waals surface area contributed by atoms with E-state index in [2.05, 4.69) is 29.5 Å². The summed E-state index contributed by atoms with van der Waals surface area (Å²) in [5, 5.41) is 7.35. The van der Waals surface area contributed by atoms with Crippen molar-refractivity contribution < 1.29 is 4.79 Å². The van der Waals surface area contributed by atoms with Gasteiger partial charge in [0.15, 0.2) is 0 Å². The van der Waals surface area contributed by atoms with Crippen LogP contribution in [0.3, 0.4) is 0 Å².